The first-order valence-corrected chi connectivity index (χ1v) is 2.37. The molecule has 0 saturated carbocycles. The molecule has 5 N–H and O–H groups in total. The Morgan fingerprint density at radius 3 is 2.78 bits per heavy atom. The summed E-state index contributed by atoms with van der Waals surface area (Å²) >= 11 is 0. The smallest absolute Gasteiger partial charge is 0.149 e. The Morgan fingerprint density at radius 1 is 1.67 bits per heavy atom. The predicted molar refractivity (Wildman–Crippen MR) is 34.2 cm³/mol. The molecule has 0 spiro atoms. The Labute approximate surface area is 53.0 Å². The first-order valence-electron chi connectivity index (χ1n) is 2.37. The van der Waals surface area contributed by atoms with Gasteiger partial charge in [0.15, 0.2) is 0 Å². The maximum absolute atomic E-state index is 5.32. The summed E-state index contributed by atoms with van der Waals surface area (Å²) < 4.78 is 0. The zero-order valence-corrected chi connectivity index (χ0v) is 4.83. The highest BCUT2D eigenvalue weighted by atomic mass is 15.7. The van der Waals surface area contributed by atoms with E-state index in [4.69, 9.17) is 11.5 Å². The fraction of sp³-hybridized carbons (Fsp3) is 0. The van der Waals surface area contributed by atoms with Gasteiger partial charge >= 0.3 is 0 Å². The van der Waals surface area contributed by atoms with E-state index in [-0.39, 0.29) is 0 Å². The largest absolute Gasteiger partial charge is 0.384 e. The Bertz CT molecular complexity index is 170. The number of nitrogens with one attached hydrogen (secondary N) is 1. The molecule has 1 radical (unpaired) electrons. The van der Waals surface area contributed by atoms with Gasteiger partial charge in [0.1, 0.15) is 11.7 Å². The van der Waals surface area contributed by atoms with Crippen LogP contribution in [-0.4, -0.2) is 11.0 Å². The van der Waals surface area contributed by atoms with Crippen LogP contribution in [0.1, 0.15) is 0 Å². The van der Waals surface area contributed by atoms with Gasteiger partial charge in [0.25, 0.3) is 0 Å². The van der Waals surface area contributed by atoms with E-state index in [1.165, 1.54) is 11.2 Å². The van der Waals surface area contributed by atoms with E-state index >= 15 is 0 Å². The highest BCUT2D eigenvalue weighted by Gasteiger charge is 2.01. The van der Waals surface area contributed by atoms with Gasteiger partial charge in [-0.1, -0.05) is 0 Å². The summed E-state index contributed by atoms with van der Waals surface area (Å²) in [5.41, 5.74) is 13.2. The van der Waals surface area contributed by atoms with Crippen molar-refractivity contribution in [3.8, 4) is 0 Å². The van der Waals surface area contributed by atoms with Crippen molar-refractivity contribution in [3.05, 3.63) is 18.9 Å². The molecule has 5 nitrogen and oxygen atoms in total. The first kappa shape index (κ1) is 5.74. The number of rotatable bonds is 0. The zero-order chi connectivity index (χ0) is 6.85. The third-order valence-corrected chi connectivity index (χ3v) is 0.798. The number of hydrogen-bond donors (Lipinski definition) is 3. The molecule has 0 bridgehead atoms. The Kier molecular flexibility index (Phi) is 1.18. The first-order chi connectivity index (χ1) is 4.18. The fourth-order valence-electron chi connectivity index (χ4n) is 0.534. The molecule has 0 aromatic carbocycles. The van der Waals surface area contributed by atoms with Crippen LogP contribution in [-0.2, 0) is 0 Å². The average molecular weight is 126 g/mol. The zero-order valence-electron chi connectivity index (χ0n) is 4.83. The van der Waals surface area contributed by atoms with Crippen LogP contribution in [0.5, 0.6) is 0 Å². The lowest BCUT2D eigenvalue weighted by Crippen LogP contribution is -2.37. The summed E-state index contributed by atoms with van der Waals surface area (Å²) in [6, 6.07) is 0. The minimum absolute atomic E-state index is 0.348. The van der Waals surface area contributed by atoms with Crippen LogP contribution in [0.25, 0.3) is 0 Å². The van der Waals surface area contributed by atoms with Crippen LogP contribution in [0, 0.1) is 7.05 Å². The van der Waals surface area contributed by atoms with Gasteiger partial charge in [-0.25, -0.2) is 5.12 Å². The number of hydrazone groups is 1. The lowest BCUT2D eigenvalue weighted by atomic mass is 10.5. The standard InChI is InChI=1S/C4H8N5/c1-9-7-3(5)2-4(6)8-9/h2,7H,1,5H2,(H2,6,8). The topological polar surface area (TPSA) is 79.7 Å². The summed E-state index contributed by atoms with van der Waals surface area (Å²) in [4.78, 5) is 0. The van der Waals surface area contributed by atoms with Crippen LogP contribution in [0.3, 0.4) is 0 Å². The second-order valence-corrected chi connectivity index (χ2v) is 1.64. The number of nitrogens with zero attached hydrogens (tertiary/aromatic N) is 2. The van der Waals surface area contributed by atoms with Gasteiger partial charge in [0.2, 0.25) is 0 Å². The van der Waals surface area contributed by atoms with E-state index in [2.05, 4.69) is 17.6 Å². The van der Waals surface area contributed by atoms with Gasteiger partial charge < -0.3 is 11.5 Å². The quantitative estimate of drug-likeness (QED) is 0.375. The molecule has 0 aliphatic carbocycles. The third-order valence-electron chi connectivity index (χ3n) is 0.798. The molecule has 0 unspecified atom stereocenters. The second kappa shape index (κ2) is 1.85. The van der Waals surface area contributed by atoms with Crippen molar-refractivity contribution in [1.82, 2.24) is 10.5 Å². The highest BCUT2D eigenvalue weighted by Crippen LogP contribution is 1.91. The van der Waals surface area contributed by atoms with E-state index < -0.39 is 0 Å². The van der Waals surface area contributed by atoms with Crippen LogP contribution in [0.2, 0.25) is 0 Å². The molecule has 0 saturated heterocycles. The molecule has 5 heteroatoms. The molecule has 0 fully saturated rings. The number of hydrazine groups is 1. The molecule has 1 aliphatic rings. The van der Waals surface area contributed by atoms with E-state index in [1.807, 2.05) is 0 Å². The van der Waals surface area contributed by atoms with Crippen LogP contribution in [0.4, 0.5) is 0 Å². The fourth-order valence-corrected chi connectivity index (χ4v) is 0.534. The number of amidine groups is 1. The molecule has 9 heavy (non-hydrogen) atoms. The van der Waals surface area contributed by atoms with E-state index in [0.29, 0.717) is 11.7 Å². The van der Waals surface area contributed by atoms with Gasteiger partial charge in [0, 0.05) is 6.08 Å². The van der Waals surface area contributed by atoms with E-state index in [9.17, 15) is 0 Å². The molecule has 0 aromatic rings. The van der Waals surface area contributed by atoms with Crippen molar-refractivity contribution >= 4 is 5.84 Å². The maximum Gasteiger partial charge on any atom is 0.149 e. The van der Waals surface area contributed by atoms with E-state index in [1.54, 1.807) is 0 Å². The highest BCUT2D eigenvalue weighted by molar-refractivity contribution is 5.92. The Morgan fingerprint density at radius 2 is 2.33 bits per heavy atom. The molecule has 1 heterocycles. The van der Waals surface area contributed by atoms with E-state index in [0.717, 1.165) is 0 Å². The van der Waals surface area contributed by atoms with Gasteiger partial charge in [0.05, 0.1) is 7.05 Å². The molecule has 49 valence electrons. The SMILES string of the molecule is [CH2]N1N=C(N)C=C(N)N1. The minimum atomic E-state index is 0.348. The summed E-state index contributed by atoms with van der Waals surface area (Å²) in [5.74, 6) is 0.791. The van der Waals surface area contributed by atoms with Crippen LogP contribution < -0.4 is 16.9 Å². The summed E-state index contributed by atoms with van der Waals surface area (Å²) in [7, 11) is 3.43. The van der Waals surface area contributed by atoms with Crippen molar-refractivity contribution in [3.63, 3.8) is 0 Å². The lowest BCUT2D eigenvalue weighted by molar-refractivity contribution is 0.307. The third kappa shape index (κ3) is 1.25. The van der Waals surface area contributed by atoms with Gasteiger partial charge in [-0.3, -0.25) is 5.43 Å². The molecular weight excluding hydrogens is 118 g/mol. The van der Waals surface area contributed by atoms with Crippen LogP contribution >= 0.6 is 0 Å². The summed E-state index contributed by atoms with van der Waals surface area (Å²) in [5, 5.41) is 4.88. The van der Waals surface area contributed by atoms with Crippen molar-refractivity contribution in [2.45, 2.75) is 0 Å². The minimum Gasteiger partial charge on any atom is -0.384 e. The normalized spacial score (nSPS) is 18.1. The molecule has 0 aromatic heterocycles. The molecule has 1 rings (SSSR count). The predicted octanol–water partition coefficient (Wildman–Crippen LogP) is -1.33. The average Bonchev–Trinajstić information content (AvgIpc) is 1.59. The molecular formula is C4H8N5. The van der Waals surface area contributed by atoms with Crippen molar-refractivity contribution in [2.75, 3.05) is 0 Å². The second-order valence-electron chi connectivity index (χ2n) is 1.64. The maximum atomic E-state index is 5.32. The van der Waals surface area contributed by atoms with Crippen LogP contribution in [0.15, 0.2) is 17.0 Å². The lowest BCUT2D eigenvalue weighted by Gasteiger charge is -2.19. The molecule has 0 amide bonds. The number of hydrogen-bond acceptors (Lipinski definition) is 5. The van der Waals surface area contributed by atoms with Crippen molar-refractivity contribution in [2.24, 2.45) is 16.6 Å². The van der Waals surface area contributed by atoms with Gasteiger partial charge in [-0.2, -0.15) is 0 Å². The summed E-state index contributed by atoms with van der Waals surface area (Å²) in [6.45, 7) is 0. The Hall–Kier alpha value is -1.39. The summed E-state index contributed by atoms with van der Waals surface area (Å²) in [6.07, 6.45) is 1.52. The van der Waals surface area contributed by atoms with Gasteiger partial charge in [-0.15, -0.1) is 5.10 Å². The van der Waals surface area contributed by atoms with Gasteiger partial charge in [-0.05, 0) is 0 Å². The number of nitrogens with two attached hydrogens (primary N) is 2. The Balaban J connectivity index is 2.74. The van der Waals surface area contributed by atoms with Crippen molar-refractivity contribution in [1.29, 1.82) is 0 Å². The molecule has 1 aliphatic heterocycles. The molecule has 0 atom stereocenters. The monoisotopic (exact) mass is 126 g/mol. The van der Waals surface area contributed by atoms with Crippen molar-refractivity contribution < 1.29 is 0 Å².